The molecule has 0 N–H and O–H groups in total. The summed E-state index contributed by atoms with van der Waals surface area (Å²) in [6.07, 6.45) is 1.35. The van der Waals surface area contributed by atoms with Crippen molar-refractivity contribution >= 4 is 11.3 Å². The summed E-state index contributed by atoms with van der Waals surface area (Å²) in [5.74, 6) is -8.18. The number of alkyl halides is 6. The molecule has 2 aromatic heterocycles. The van der Waals surface area contributed by atoms with Gasteiger partial charge in [-0.05, 0) is 23.6 Å². The van der Waals surface area contributed by atoms with E-state index in [0.717, 1.165) is 32.1 Å². The molecule has 0 amide bonds. The van der Waals surface area contributed by atoms with Crippen molar-refractivity contribution in [2.24, 2.45) is 0 Å². The highest BCUT2D eigenvalue weighted by Crippen LogP contribution is 2.30. The van der Waals surface area contributed by atoms with E-state index in [-0.39, 0.29) is 16.1 Å². The highest BCUT2D eigenvalue weighted by atomic mass is 32.1. The minimum Gasteiger partial charge on any atom is -0.255 e. The Morgan fingerprint density at radius 2 is 1.24 bits per heavy atom. The summed E-state index contributed by atoms with van der Waals surface area (Å²) in [5, 5.41) is 1.65. The molecule has 0 radical (unpaired) electrons. The molecule has 0 aliphatic carbocycles. The molecule has 0 aliphatic heterocycles. The molecule has 0 bridgehead atoms. The second kappa shape index (κ2) is 10.4. The zero-order valence-corrected chi connectivity index (χ0v) is 16.9. The lowest BCUT2D eigenvalue weighted by Crippen LogP contribution is -2.08. The first-order valence-corrected chi connectivity index (χ1v) is 9.34. The highest BCUT2D eigenvalue weighted by molar-refractivity contribution is 7.10. The highest BCUT2D eigenvalue weighted by Gasteiger charge is 2.25. The Balaban J connectivity index is 0.000000218. The molecule has 0 aliphatic rings. The Kier molecular flexibility index (Phi) is 8.88. The standard InChI is InChI=1S/C8H8F2.C7H7F2N.C6H6F2S/c1-8(9,10)7-5-3-2-4-6-7;1-7(8,9)6-4-2-3-5-10-6;1-6(7,8)5-3-2-4-9-5/h2-6H,1H3;2-5H,1H3;2-4H,1H3. The van der Waals surface area contributed by atoms with Gasteiger partial charge in [-0.3, -0.25) is 4.98 Å². The number of halogens is 6. The Hall–Kier alpha value is -2.35. The average molecular weight is 433 g/mol. The molecule has 0 saturated carbocycles. The van der Waals surface area contributed by atoms with Crippen LogP contribution in [0.2, 0.25) is 0 Å². The Bertz CT molecular complexity index is 755. The first kappa shape index (κ1) is 24.7. The van der Waals surface area contributed by atoms with Crippen LogP contribution in [0.25, 0.3) is 0 Å². The SMILES string of the molecule is CC(F)(F)c1ccccc1.CC(F)(F)c1ccccn1.CC(F)(F)c1cccs1. The largest absolute Gasteiger partial charge is 0.286 e. The fraction of sp³-hybridized carbons (Fsp3) is 0.286. The van der Waals surface area contributed by atoms with Crippen molar-refractivity contribution in [2.75, 3.05) is 0 Å². The summed E-state index contributed by atoms with van der Waals surface area (Å²) >= 11 is 1.08. The van der Waals surface area contributed by atoms with Crippen molar-refractivity contribution in [2.45, 2.75) is 38.5 Å². The second-order valence-electron chi connectivity index (χ2n) is 6.22. The molecular formula is C21H21F6NS. The summed E-state index contributed by atoms with van der Waals surface area (Å²) in [7, 11) is 0. The van der Waals surface area contributed by atoms with Gasteiger partial charge in [0.2, 0.25) is 0 Å². The van der Waals surface area contributed by atoms with E-state index >= 15 is 0 Å². The fourth-order valence-electron chi connectivity index (χ4n) is 1.88. The van der Waals surface area contributed by atoms with Crippen LogP contribution in [0.15, 0.2) is 72.2 Å². The zero-order chi connectivity index (χ0) is 22.1. The van der Waals surface area contributed by atoms with Gasteiger partial charge in [-0.25, -0.2) is 17.6 Å². The molecule has 0 saturated heterocycles. The Morgan fingerprint density at radius 3 is 1.52 bits per heavy atom. The van der Waals surface area contributed by atoms with E-state index in [1.165, 1.54) is 30.5 Å². The van der Waals surface area contributed by atoms with Gasteiger partial charge in [0.1, 0.15) is 5.69 Å². The average Bonchev–Trinajstić information content (AvgIpc) is 3.18. The molecule has 0 spiro atoms. The molecule has 3 rings (SSSR count). The van der Waals surface area contributed by atoms with Crippen molar-refractivity contribution in [3.63, 3.8) is 0 Å². The van der Waals surface area contributed by atoms with Crippen LogP contribution >= 0.6 is 11.3 Å². The number of hydrogen-bond donors (Lipinski definition) is 0. The van der Waals surface area contributed by atoms with Crippen LogP contribution in [0, 0.1) is 0 Å². The maximum absolute atomic E-state index is 12.5. The van der Waals surface area contributed by atoms with E-state index in [2.05, 4.69) is 4.98 Å². The van der Waals surface area contributed by atoms with E-state index in [4.69, 9.17) is 0 Å². The topological polar surface area (TPSA) is 12.9 Å². The van der Waals surface area contributed by atoms with Crippen molar-refractivity contribution < 1.29 is 26.3 Å². The molecule has 0 atom stereocenters. The second-order valence-corrected chi connectivity index (χ2v) is 7.17. The van der Waals surface area contributed by atoms with Gasteiger partial charge in [-0.2, -0.15) is 8.78 Å². The van der Waals surface area contributed by atoms with Gasteiger partial charge in [0.25, 0.3) is 17.8 Å². The van der Waals surface area contributed by atoms with Crippen LogP contribution in [0.4, 0.5) is 26.3 Å². The lowest BCUT2D eigenvalue weighted by molar-refractivity contribution is 0.0126. The molecular weight excluding hydrogens is 412 g/mol. The van der Waals surface area contributed by atoms with Crippen molar-refractivity contribution in [3.8, 4) is 0 Å². The van der Waals surface area contributed by atoms with E-state index in [9.17, 15) is 26.3 Å². The van der Waals surface area contributed by atoms with Gasteiger partial charge in [-0.1, -0.05) is 42.5 Å². The lowest BCUT2D eigenvalue weighted by Gasteiger charge is -2.08. The van der Waals surface area contributed by atoms with E-state index < -0.39 is 17.8 Å². The van der Waals surface area contributed by atoms with Crippen LogP contribution in [-0.4, -0.2) is 4.98 Å². The minimum atomic E-state index is -2.82. The number of hydrogen-bond acceptors (Lipinski definition) is 2. The van der Waals surface area contributed by atoms with Crippen LogP contribution in [-0.2, 0) is 17.8 Å². The summed E-state index contributed by atoms with van der Waals surface area (Å²) < 4.78 is 74.3. The van der Waals surface area contributed by atoms with Crippen LogP contribution < -0.4 is 0 Å². The minimum absolute atomic E-state index is 0.0648. The first-order valence-electron chi connectivity index (χ1n) is 8.46. The van der Waals surface area contributed by atoms with Crippen LogP contribution in [0.1, 0.15) is 36.9 Å². The van der Waals surface area contributed by atoms with Crippen molar-refractivity contribution in [3.05, 3.63) is 88.4 Å². The summed E-state index contributed by atoms with van der Waals surface area (Å²) in [6.45, 7) is 2.62. The zero-order valence-electron chi connectivity index (χ0n) is 16.1. The molecule has 1 aromatic carbocycles. The number of pyridine rings is 1. The molecule has 1 nitrogen and oxygen atoms in total. The van der Waals surface area contributed by atoms with Crippen molar-refractivity contribution in [1.29, 1.82) is 0 Å². The maximum Gasteiger partial charge on any atom is 0.286 e. The fourth-order valence-corrected chi connectivity index (χ4v) is 2.55. The van der Waals surface area contributed by atoms with Gasteiger partial charge >= 0.3 is 0 Å². The number of aromatic nitrogens is 1. The molecule has 2 heterocycles. The molecule has 3 aromatic rings. The number of rotatable bonds is 3. The molecule has 0 fully saturated rings. The molecule has 8 heteroatoms. The Morgan fingerprint density at radius 1 is 0.655 bits per heavy atom. The molecule has 0 unspecified atom stereocenters. The van der Waals surface area contributed by atoms with E-state index in [0.29, 0.717) is 0 Å². The molecule has 29 heavy (non-hydrogen) atoms. The van der Waals surface area contributed by atoms with Crippen molar-refractivity contribution in [1.82, 2.24) is 4.98 Å². The van der Waals surface area contributed by atoms with Gasteiger partial charge in [0.05, 0.1) is 4.88 Å². The number of benzene rings is 1. The van der Waals surface area contributed by atoms with Gasteiger partial charge in [0, 0.05) is 32.5 Å². The van der Waals surface area contributed by atoms with Gasteiger partial charge in [-0.15, -0.1) is 11.3 Å². The smallest absolute Gasteiger partial charge is 0.255 e. The lowest BCUT2D eigenvalue weighted by atomic mass is 10.1. The van der Waals surface area contributed by atoms with Crippen LogP contribution in [0.3, 0.4) is 0 Å². The predicted molar refractivity (Wildman–Crippen MR) is 104 cm³/mol. The third kappa shape index (κ3) is 9.60. The summed E-state index contributed by atoms with van der Waals surface area (Å²) in [5.41, 5.74) is -0.120. The van der Waals surface area contributed by atoms with Gasteiger partial charge in [0.15, 0.2) is 0 Å². The normalized spacial score (nSPS) is 11.6. The third-order valence-corrected chi connectivity index (χ3v) is 4.39. The number of thiophene rings is 1. The van der Waals surface area contributed by atoms with Crippen LogP contribution in [0.5, 0.6) is 0 Å². The Labute approximate surface area is 170 Å². The van der Waals surface area contributed by atoms with E-state index in [1.807, 2.05) is 0 Å². The number of nitrogens with zero attached hydrogens (tertiary/aromatic N) is 1. The third-order valence-electron chi connectivity index (χ3n) is 3.35. The molecule has 158 valence electrons. The quantitative estimate of drug-likeness (QED) is 0.383. The van der Waals surface area contributed by atoms with Gasteiger partial charge < -0.3 is 0 Å². The summed E-state index contributed by atoms with van der Waals surface area (Å²) in [4.78, 5) is 3.63. The summed E-state index contributed by atoms with van der Waals surface area (Å²) in [6, 6.07) is 15.3. The van der Waals surface area contributed by atoms with E-state index in [1.54, 1.807) is 41.8 Å². The monoisotopic (exact) mass is 433 g/mol. The first-order chi connectivity index (χ1) is 13.3. The predicted octanol–water partition coefficient (Wildman–Crippen LogP) is 7.85. The maximum atomic E-state index is 12.5.